The molecule has 0 bridgehead atoms. The van der Waals surface area contributed by atoms with Crippen molar-refractivity contribution in [1.29, 1.82) is 0 Å². The number of hydrogen-bond donors (Lipinski definition) is 2. The summed E-state index contributed by atoms with van der Waals surface area (Å²) in [4.78, 5) is 16.1. The maximum absolute atomic E-state index is 11.6. The van der Waals surface area contributed by atoms with E-state index in [-0.39, 0.29) is 11.8 Å². The zero-order valence-corrected chi connectivity index (χ0v) is 11.0. The Hall–Kier alpha value is -1.88. The second kappa shape index (κ2) is 4.10. The minimum Gasteiger partial charge on any atom is -0.365 e. The number of anilines is 2. The van der Waals surface area contributed by atoms with Crippen molar-refractivity contribution < 1.29 is 4.79 Å². The number of fused-ring (bicyclic) bond motifs is 1. The summed E-state index contributed by atoms with van der Waals surface area (Å²) in [7, 11) is 1.86. The summed E-state index contributed by atoms with van der Waals surface area (Å²) in [5.41, 5.74) is 3.96. The lowest BCUT2D eigenvalue weighted by molar-refractivity contribution is -0.116. The fourth-order valence-electron chi connectivity index (χ4n) is 2.10. The Morgan fingerprint density at radius 1 is 1.44 bits per heavy atom. The minimum absolute atomic E-state index is 0.0661. The average molecular weight is 259 g/mol. The Labute approximate surface area is 109 Å². The van der Waals surface area contributed by atoms with Crippen molar-refractivity contribution in [3.8, 4) is 11.3 Å². The highest BCUT2D eigenvalue weighted by molar-refractivity contribution is 7.14. The number of carbonyl (C=O) groups is 1. The van der Waals surface area contributed by atoms with Crippen LogP contribution in [-0.2, 0) is 4.79 Å². The van der Waals surface area contributed by atoms with Gasteiger partial charge in [0, 0.05) is 23.7 Å². The van der Waals surface area contributed by atoms with E-state index in [1.54, 1.807) is 11.3 Å². The zero-order valence-electron chi connectivity index (χ0n) is 10.2. The maximum atomic E-state index is 11.6. The summed E-state index contributed by atoms with van der Waals surface area (Å²) in [5.74, 6) is -0.0151. The van der Waals surface area contributed by atoms with E-state index in [2.05, 4.69) is 15.6 Å². The van der Waals surface area contributed by atoms with Crippen molar-refractivity contribution in [2.24, 2.45) is 0 Å². The summed E-state index contributed by atoms with van der Waals surface area (Å²) in [5, 5.41) is 8.81. The minimum atomic E-state index is -0.0812. The molecule has 5 heteroatoms. The molecule has 1 aromatic carbocycles. The molecule has 2 aromatic rings. The fraction of sp³-hybridized carbons (Fsp3) is 0.231. The Morgan fingerprint density at radius 2 is 2.28 bits per heavy atom. The van der Waals surface area contributed by atoms with E-state index in [1.165, 1.54) is 0 Å². The molecule has 0 saturated carbocycles. The van der Waals surface area contributed by atoms with E-state index in [0.29, 0.717) is 0 Å². The first-order valence-corrected chi connectivity index (χ1v) is 6.65. The molecular formula is C13H13N3OS. The molecule has 1 atom stereocenters. The molecule has 3 rings (SSSR count). The molecule has 1 aromatic heterocycles. The van der Waals surface area contributed by atoms with Gasteiger partial charge in [0.05, 0.1) is 11.6 Å². The van der Waals surface area contributed by atoms with Crippen molar-refractivity contribution in [2.45, 2.75) is 12.8 Å². The largest absolute Gasteiger partial charge is 0.365 e. The summed E-state index contributed by atoms with van der Waals surface area (Å²) in [6.07, 6.45) is 0. The molecule has 4 nitrogen and oxygen atoms in total. The van der Waals surface area contributed by atoms with Crippen LogP contribution < -0.4 is 10.6 Å². The topological polar surface area (TPSA) is 54.0 Å². The number of thiazole rings is 1. The molecule has 0 fully saturated rings. The Balaban J connectivity index is 2.03. The van der Waals surface area contributed by atoms with Crippen LogP contribution >= 0.6 is 11.3 Å². The van der Waals surface area contributed by atoms with Gasteiger partial charge in [-0.25, -0.2) is 4.98 Å². The Bertz CT molecular complexity index is 620. The van der Waals surface area contributed by atoms with E-state index in [1.807, 2.05) is 37.6 Å². The van der Waals surface area contributed by atoms with Gasteiger partial charge in [0.1, 0.15) is 0 Å². The highest BCUT2D eigenvalue weighted by Gasteiger charge is 2.26. The van der Waals surface area contributed by atoms with Gasteiger partial charge in [-0.05, 0) is 24.6 Å². The summed E-state index contributed by atoms with van der Waals surface area (Å²) >= 11 is 1.57. The number of nitrogens with zero attached hydrogens (tertiary/aromatic N) is 1. The third kappa shape index (κ3) is 1.67. The van der Waals surface area contributed by atoms with Crippen LogP contribution in [0.25, 0.3) is 11.3 Å². The first-order chi connectivity index (χ1) is 8.69. The molecular weight excluding hydrogens is 246 g/mol. The first-order valence-electron chi connectivity index (χ1n) is 5.77. The van der Waals surface area contributed by atoms with Gasteiger partial charge >= 0.3 is 0 Å². The van der Waals surface area contributed by atoms with Gasteiger partial charge in [-0.15, -0.1) is 11.3 Å². The van der Waals surface area contributed by atoms with E-state index in [0.717, 1.165) is 27.6 Å². The molecule has 92 valence electrons. The quantitative estimate of drug-likeness (QED) is 0.872. The average Bonchev–Trinajstić information content (AvgIpc) is 2.96. The van der Waals surface area contributed by atoms with Crippen LogP contribution in [-0.4, -0.2) is 17.9 Å². The molecule has 1 aliphatic rings. The van der Waals surface area contributed by atoms with Gasteiger partial charge in [-0.1, -0.05) is 6.07 Å². The van der Waals surface area contributed by atoms with Crippen LogP contribution in [0.15, 0.2) is 23.6 Å². The van der Waals surface area contributed by atoms with Gasteiger partial charge in [0.2, 0.25) is 5.91 Å². The zero-order chi connectivity index (χ0) is 12.7. The third-order valence-corrected chi connectivity index (χ3v) is 4.04. The Kier molecular flexibility index (Phi) is 2.56. The molecule has 1 aliphatic heterocycles. The van der Waals surface area contributed by atoms with Gasteiger partial charge in [-0.3, -0.25) is 4.79 Å². The molecule has 2 heterocycles. The van der Waals surface area contributed by atoms with E-state index >= 15 is 0 Å². The lowest BCUT2D eigenvalue weighted by Gasteiger charge is -2.03. The molecule has 18 heavy (non-hydrogen) atoms. The number of rotatable bonds is 2. The summed E-state index contributed by atoms with van der Waals surface area (Å²) < 4.78 is 0. The Morgan fingerprint density at radius 3 is 3.00 bits per heavy atom. The van der Waals surface area contributed by atoms with Crippen LogP contribution in [0.1, 0.15) is 18.4 Å². The first kappa shape index (κ1) is 11.2. The third-order valence-electron chi connectivity index (χ3n) is 3.18. The molecule has 1 amide bonds. The van der Waals surface area contributed by atoms with Crippen LogP contribution in [0.2, 0.25) is 0 Å². The van der Waals surface area contributed by atoms with Gasteiger partial charge in [-0.2, -0.15) is 0 Å². The lowest BCUT2D eigenvalue weighted by atomic mass is 10.00. The van der Waals surface area contributed by atoms with Crippen molar-refractivity contribution in [1.82, 2.24) is 4.98 Å². The van der Waals surface area contributed by atoms with E-state index < -0.39 is 0 Å². The van der Waals surface area contributed by atoms with Crippen LogP contribution in [0, 0.1) is 0 Å². The summed E-state index contributed by atoms with van der Waals surface area (Å²) in [6, 6.07) is 5.99. The van der Waals surface area contributed by atoms with Crippen LogP contribution in [0.5, 0.6) is 0 Å². The second-order valence-corrected chi connectivity index (χ2v) is 5.16. The van der Waals surface area contributed by atoms with Gasteiger partial charge in [0.15, 0.2) is 5.13 Å². The van der Waals surface area contributed by atoms with E-state index in [4.69, 9.17) is 0 Å². The molecule has 2 N–H and O–H groups in total. The van der Waals surface area contributed by atoms with Crippen molar-refractivity contribution in [3.05, 3.63) is 29.1 Å². The predicted octanol–water partition coefficient (Wildman–Crippen LogP) is 2.91. The van der Waals surface area contributed by atoms with Gasteiger partial charge in [0.25, 0.3) is 0 Å². The SMILES string of the molecule is CNc1nc(-c2ccc3c(c2)[C@H](C)C(=O)N3)cs1. The van der Waals surface area contributed by atoms with Crippen molar-refractivity contribution in [2.75, 3.05) is 17.7 Å². The molecule has 0 radical (unpaired) electrons. The number of hydrogen-bond acceptors (Lipinski definition) is 4. The van der Waals surface area contributed by atoms with Crippen molar-refractivity contribution >= 4 is 28.1 Å². The number of carbonyl (C=O) groups excluding carboxylic acids is 1. The number of amides is 1. The number of benzene rings is 1. The highest BCUT2D eigenvalue weighted by Crippen LogP contribution is 2.35. The maximum Gasteiger partial charge on any atom is 0.231 e. The molecule has 0 aliphatic carbocycles. The van der Waals surface area contributed by atoms with Crippen LogP contribution in [0.4, 0.5) is 10.8 Å². The van der Waals surface area contributed by atoms with Gasteiger partial charge < -0.3 is 10.6 Å². The lowest BCUT2D eigenvalue weighted by Crippen LogP contribution is -2.08. The number of nitrogens with one attached hydrogen (secondary N) is 2. The number of aromatic nitrogens is 1. The predicted molar refractivity (Wildman–Crippen MR) is 74.1 cm³/mol. The fourth-order valence-corrected chi connectivity index (χ4v) is 2.78. The van der Waals surface area contributed by atoms with Crippen molar-refractivity contribution in [3.63, 3.8) is 0 Å². The summed E-state index contributed by atoms with van der Waals surface area (Å²) in [6.45, 7) is 1.92. The van der Waals surface area contributed by atoms with E-state index in [9.17, 15) is 4.79 Å². The smallest absolute Gasteiger partial charge is 0.231 e. The molecule has 0 spiro atoms. The normalized spacial score (nSPS) is 17.4. The standard InChI is InChI=1S/C13H13N3OS/c1-7-9-5-8(3-4-10(9)15-12(7)17)11-6-18-13(14-2)16-11/h3-7H,1-2H3,(H,14,16)(H,15,17)/t7-/m0/s1. The monoisotopic (exact) mass is 259 g/mol. The molecule has 0 unspecified atom stereocenters. The second-order valence-electron chi connectivity index (χ2n) is 4.30. The highest BCUT2D eigenvalue weighted by atomic mass is 32.1. The van der Waals surface area contributed by atoms with Crippen LogP contribution in [0.3, 0.4) is 0 Å². The molecule has 0 saturated heterocycles.